The lowest BCUT2D eigenvalue weighted by atomic mass is 9.84. The number of ether oxygens (including phenoxy) is 2. The highest BCUT2D eigenvalue weighted by atomic mass is 19.4. The van der Waals surface area contributed by atoms with Crippen molar-refractivity contribution in [1.29, 1.82) is 0 Å². The molecule has 1 aromatic rings. The molecule has 2 atom stereocenters. The molecule has 2 aliphatic rings. The molecule has 2 heterocycles. The Morgan fingerprint density at radius 3 is 2.45 bits per heavy atom. The Morgan fingerprint density at radius 1 is 1.17 bits per heavy atom. The highest BCUT2D eigenvalue weighted by molar-refractivity contribution is 5.77. The summed E-state index contributed by atoms with van der Waals surface area (Å²) in [5, 5.41) is 9.52. The molecule has 1 N–H and O–H groups in total. The number of piperidine rings is 1. The van der Waals surface area contributed by atoms with Crippen molar-refractivity contribution in [2.24, 2.45) is 5.92 Å². The van der Waals surface area contributed by atoms with E-state index in [2.05, 4.69) is 4.74 Å². The molecule has 2 amide bonds. The zero-order valence-electron chi connectivity index (χ0n) is 15.9. The number of carboxylic acid groups (broad SMARTS) is 1. The number of hydrogen-bond donors (Lipinski definition) is 1. The molecule has 2 unspecified atom stereocenters. The third kappa shape index (κ3) is 5.31. The zero-order chi connectivity index (χ0) is 21.2. The van der Waals surface area contributed by atoms with Gasteiger partial charge in [0.05, 0.1) is 19.1 Å². The van der Waals surface area contributed by atoms with Crippen molar-refractivity contribution in [1.82, 2.24) is 9.80 Å². The van der Waals surface area contributed by atoms with E-state index in [0.29, 0.717) is 50.4 Å². The third-order valence-corrected chi connectivity index (χ3v) is 5.25. The summed E-state index contributed by atoms with van der Waals surface area (Å²) in [5.74, 6) is -2.34. The van der Waals surface area contributed by atoms with Crippen molar-refractivity contribution in [2.75, 3.05) is 39.4 Å². The van der Waals surface area contributed by atoms with Gasteiger partial charge in [-0.25, -0.2) is 4.79 Å². The molecule has 0 radical (unpaired) electrons. The van der Waals surface area contributed by atoms with E-state index in [0.717, 1.165) is 0 Å². The number of aryl methyl sites for hydroxylation is 1. The van der Waals surface area contributed by atoms with Crippen LogP contribution in [-0.4, -0.2) is 72.7 Å². The minimum absolute atomic E-state index is 0.107. The maximum atomic E-state index is 12.8. The molecule has 0 bridgehead atoms. The molecule has 29 heavy (non-hydrogen) atoms. The number of amides is 2. The van der Waals surface area contributed by atoms with Crippen LogP contribution in [0.2, 0.25) is 0 Å². The quantitative estimate of drug-likeness (QED) is 0.820. The summed E-state index contributed by atoms with van der Waals surface area (Å²) < 4.78 is 46.7. The molecule has 0 aliphatic carbocycles. The second-order valence-electron chi connectivity index (χ2n) is 7.33. The van der Waals surface area contributed by atoms with Gasteiger partial charge in [-0.3, -0.25) is 4.79 Å². The monoisotopic (exact) mass is 416 g/mol. The maximum absolute atomic E-state index is 12.8. The molecule has 0 saturated carbocycles. The molecule has 0 spiro atoms. The van der Waals surface area contributed by atoms with Crippen LogP contribution in [0.15, 0.2) is 18.2 Å². The Hall–Kier alpha value is -2.49. The summed E-state index contributed by atoms with van der Waals surface area (Å²) in [6.07, 6.45) is -4.48. The van der Waals surface area contributed by atoms with Crippen LogP contribution >= 0.6 is 0 Å². The summed E-state index contributed by atoms with van der Waals surface area (Å²) in [5.41, 5.74) is 0.978. The zero-order valence-corrected chi connectivity index (χ0v) is 15.9. The smallest absolute Gasteiger partial charge is 0.481 e. The number of likely N-dealkylation sites (tertiary alicyclic amines) is 1. The number of nitrogens with zero attached hydrogens (tertiary/aromatic N) is 2. The molecular formula is C19H23F3N2O5. The van der Waals surface area contributed by atoms with E-state index in [9.17, 15) is 27.9 Å². The highest BCUT2D eigenvalue weighted by Crippen LogP contribution is 2.34. The number of alkyl halides is 3. The topological polar surface area (TPSA) is 79.3 Å². The molecule has 10 heteroatoms. The number of benzene rings is 1. The van der Waals surface area contributed by atoms with Crippen LogP contribution in [0.3, 0.4) is 0 Å². The number of carbonyl (C=O) groups is 2. The van der Waals surface area contributed by atoms with Gasteiger partial charge in [-0.05, 0) is 30.5 Å². The van der Waals surface area contributed by atoms with E-state index in [1.54, 1.807) is 11.0 Å². The molecule has 0 aromatic heterocycles. The standard InChI is InChI=1S/C19H23F3N2O5/c1-12-8-13(2-3-16(12)29-19(20,21)22)14-9-15(17(25)26)11-24(10-14)18(27)23-4-6-28-7-5-23/h2-3,8,14-15H,4-7,9-11H2,1H3,(H,25,26). The Bertz CT molecular complexity index is 765. The van der Waals surface area contributed by atoms with Gasteiger partial charge in [0.25, 0.3) is 0 Å². The summed E-state index contributed by atoms with van der Waals surface area (Å²) in [4.78, 5) is 27.6. The van der Waals surface area contributed by atoms with Crippen molar-refractivity contribution in [3.63, 3.8) is 0 Å². The van der Waals surface area contributed by atoms with Gasteiger partial charge >= 0.3 is 18.4 Å². The molecule has 2 aliphatic heterocycles. The Balaban J connectivity index is 1.79. The van der Waals surface area contributed by atoms with Crippen LogP contribution in [0.25, 0.3) is 0 Å². The van der Waals surface area contributed by atoms with E-state index in [1.165, 1.54) is 24.0 Å². The Morgan fingerprint density at radius 2 is 1.86 bits per heavy atom. The van der Waals surface area contributed by atoms with Crippen LogP contribution in [0.1, 0.15) is 23.5 Å². The van der Waals surface area contributed by atoms with Crippen molar-refractivity contribution < 1.29 is 37.3 Å². The SMILES string of the molecule is Cc1cc(C2CC(C(=O)O)CN(C(=O)N3CCOCC3)C2)ccc1OC(F)(F)F. The first kappa shape index (κ1) is 21.2. The normalized spacial score (nSPS) is 23.0. The summed E-state index contributed by atoms with van der Waals surface area (Å²) >= 11 is 0. The Kier molecular flexibility index (Phi) is 6.21. The molecule has 160 valence electrons. The number of halogens is 3. The fourth-order valence-electron chi connectivity index (χ4n) is 3.80. The van der Waals surface area contributed by atoms with Crippen molar-refractivity contribution in [2.45, 2.75) is 25.6 Å². The predicted molar refractivity (Wildman–Crippen MR) is 95.7 cm³/mol. The van der Waals surface area contributed by atoms with E-state index in [4.69, 9.17) is 4.74 Å². The lowest BCUT2D eigenvalue weighted by molar-refractivity contribution is -0.274. The lowest BCUT2D eigenvalue weighted by Gasteiger charge is -2.40. The Labute approximate surface area is 166 Å². The van der Waals surface area contributed by atoms with Gasteiger partial charge in [-0.15, -0.1) is 13.2 Å². The molecule has 3 rings (SSSR count). The second kappa shape index (κ2) is 8.48. The third-order valence-electron chi connectivity index (χ3n) is 5.25. The summed E-state index contributed by atoms with van der Waals surface area (Å²) in [7, 11) is 0. The fourth-order valence-corrected chi connectivity index (χ4v) is 3.80. The number of carboxylic acids is 1. The molecule has 2 saturated heterocycles. The lowest BCUT2D eigenvalue weighted by Crippen LogP contribution is -2.53. The predicted octanol–water partition coefficient (Wildman–Crippen LogP) is 2.84. The van der Waals surface area contributed by atoms with E-state index < -0.39 is 18.2 Å². The number of rotatable bonds is 3. The van der Waals surface area contributed by atoms with E-state index in [-0.39, 0.29) is 24.2 Å². The first-order valence-corrected chi connectivity index (χ1v) is 9.34. The van der Waals surface area contributed by atoms with E-state index >= 15 is 0 Å². The maximum Gasteiger partial charge on any atom is 0.573 e. The van der Waals surface area contributed by atoms with Crippen molar-refractivity contribution >= 4 is 12.0 Å². The van der Waals surface area contributed by atoms with Gasteiger partial charge < -0.3 is 24.4 Å². The van der Waals surface area contributed by atoms with Crippen LogP contribution < -0.4 is 4.74 Å². The van der Waals surface area contributed by atoms with Crippen LogP contribution in [-0.2, 0) is 9.53 Å². The first-order valence-electron chi connectivity index (χ1n) is 9.34. The van der Waals surface area contributed by atoms with Crippen molar-refractivity contribution in [3.8, 4) is 5.75 Å². The van der Waals surface area contributed by atoms with Gasteiger partial charge in [0.2, 0.25) is 0 Å². The number of carbonyl (C=O) groups excluding carboxylic acids is 1. The second-order valence-corrected chi connectivity index (χ2v) is 7.33. The van der Waals surface area contributed by atoms with Crippen molar-refractivity contribution in [3.05, 3.63) is 29.3 Å². The molecule has 1 aromatic carbocycles. The average molecular weight is 416 g/mol. The molecule has 2 fully saturated rings. The summed E-state index contributed by atoms with van der Waals surface area (Å²) in [6.45, 7) is 3.67. The van der Waals surface area contributed by atoms with Gasteiger partial charge in [0.15, 0.2) is 0 Å². The van der Waals surface area contributed by atoms with Crippen LogP contribution in [0.4, 0.5) is 18.0 Å². The van der Waals surface area contributed by atoms with Crippen LogP contribution in [0.5, 0.6) is 5.75 Å². The number of hydrogen-bond acceptors (Lipinski definition) is 4. The number of aliphatic carboxylic acids is 1. The van der Waals surface area contributed by atoms with Gasteiger partial charge in [0.1, 0.15) is 5.75 Å². The molecular weight excluding hydrogens is 393 g/mol. The van der Waals surface area contributed by atoms with Gasteiger partial charge in [-0.1, -0.05) is 12.1 Å². The number of morpholine rings is 1. The van der Waals surface area contributed by atoms with Gasteiger partial charge in [0, 0.05) is 32.1 Å². The van der Waals surface area contributed by atoms with Crippen LogP contribution in [0, 0.1) is 12.8 Å². The largest absolute Gasteiger partial charge is 0.573 e. The minimum Gasteiger partial charge on any atom is -0.481 e. The average Bonchev–Trinajstić information content (AvgIpc) is 2.68. The minimum atomic E-state index is -4.78. The highest BCUT2D eigenvalue weighted by Gasteiger charge is 2.37. The van der Waals surface area contributed by atoms with E-state index in [1.807, 2.05) is 0 Å². The molecule has 7 nitrogen and oxygen atoms in total. The fraction of sp³-hybridized carbons (Fsp3) is 0.579. The summed E-state index contributed by atoms with van der Waals surface area (Å²) in [6, 6.07) is 4.06. The van der Waals surface area contributed by atoms with Gasteiger partial charge in [-0.2, -0.15) is 0 Å². The first-order chi connectivity index (χ1) is 13.6. The number of urea groups is 1.